The van der Waals surface area contributed by atoms with Gasteiger partial charge in [0, 0.05) is 16.1 Å². The van der Waals surface area contributed by atoms with Crippen LogP contribution in [-0.4, -0.2) is 16.1 Å². The van der Waals surface area contributed by atoms with Crippen molar-refractivity contribution >= 4 is 34.8 Å². The predicted octanol–water partition coefficient (Wildman–Crippen LogP) is 5.68. The molecule has 2 rings (SSSR count). The number of hydrogen-bond donors (Lipinski definition) is 0. The molecular weight excluding hydrogens is 287 g/mol. The summed E-state index contributed by atoms with van der Waals surface area (Å²) >= 11 is 19.4. The molecule has 0 N–H and O–H groups in total. The maximum Gasteiger partial charge on any atom is 0.0383 e. The van der Waals surface area contributed by atoms with Gasteiger partial charge in [0.15, 0.2) is 0 Å². The average Bonchev–Trinajstić information content (AvgIpc) is 2.28. The number of alkyl halides is 3. The van der Waals surface area contributed by atoms with Gasteiger partial charge in [-0.3, -0.25) is 0 Å². The smallest absolute Gasteiger partial charge is 0.0383 e. The van der Waals surface area contributed by atoms with Gasteiger partial charge in [-0.25, -0.2) is 0 Å². The lowest BCUT2D eigenvalue weighted by molar-refractivity contribution is 0.151. The van der Waals surface area contributed by atoms with Crippen LogP contribution < -0.4 is 0 Å². The Balaban J connectivity index is 1.96. The maximum absolute atomic E-state index is 6.60. The quantitative estimate of drug-likeness (QED) is 0.575. The molecule has 0 saturated heterocycles. The largest absolute Gasteiger partial charge is 0.123 e. The number of halogens is 3. The van der Waals surface area contributed by atoms with Crippen LogP contribution in [0.3, 0.4) is 0 Å². The van der Waals surface area contributed by atoms with Crippen LogP contribution >= 0.6 is 34.8 Å². The van der Waals surface area contributed by atoms with E-state index in [1.807, 2.05) is 0 Å². The lowest BCUT2D eigenvalue weighted by Gasteiger charge is -2.43. The van der Waals surface area contributed by atoms with Crippen LogP contribution in [0, 0.1) is 23.7 Å². The second-order valence-corrected chi connectivity index (χ2v) is 8.30. The van der Waals surface area contributed by atoms with Gasteiger partial charge in [0.05, 0.1) is 0 Å². The summed E-state index contributed by atoms with van der Waals surface area (Å²) in [6, 6.07) is 0. The zero-order chi connectivity index (χ0) is 13.3. The molecule has 2 saturated carbocycles. The molecule has 0 aromatic rings. The predicted molar refractivity (Wildman–Crippen MR) is 81.9 cm³/mol. The highest BCUT2D eigenvalue weighted by atomic mass is 35.5. The van der Waals surface area contributed by atoms with E-state index in [2.05, 4.69) is 13.8 Å². The van der Waals surface area contributed by atoms with Crippen LogP contribution in [0.1, 0.15) is 52.4 Å². The SMILES string of the molecule is CC1CC(Cl)C(C(C)C2CCC(Cl)CC2)C(Cl)C1. The molecule has 0 spiro atoms. The van der Waals surface area contributed by atoms with Gasteiger partial charge in [-0.1, -0.05) is 13.8 Å². The van der Waals surface area contributed by atoms with E-state index < -0.39 is 0 Å². The fraction of sp³-hybridized carbons (Fsp3) is 1.00. The molecule has 2 fully saturated rings. The van der Waals surface area contributed by atoms with Crippen LogP contribution in [0.25, 0.3) is 0 Å². The summed E-state index contributed by atoms with van der Waals surface area (Å²) in [5.41, 5.74) is 0. The van der Waals surface area contributed by atoms with Gasteiger partial charge in [-0.2, -0.15) is 0 Å². The second kappa shape index (κ2) is 6.55. The summed E-state index contributed by atoms with van der Waals surface area (Å²) in [5.74, 6) is 2.59. The van der Waals surface area contributed by atoms with E-state index in [9.17, 15) is 0 Å². The van der Waals surface area contributed by atoms with Crippen molar-refractivity contribution in [2.24, 2.45) is 23.7 Å². The lowest BCUT2D eigenvalue weighted by Crippen LogP contribution is -2.40. The van der Waals surface area contributed by atoms with E-state index in [4.69, 9.17) is 34.8 Å². The zero-order valence-corrected chi connectivity index (χ0v) is 13.7. The standard InChI is InChI=1S/C15H25Cl3/c1-9-7-13(17)15(14(18)8-9)10(2)11-3-5-12(16)6-4-11/h9-15H,3-8H2,1-2H3. The molecule has 0 aromatic carbocycles. The van der Waals surface area contributed by atoms with Crippen molar-refractivity contribution in [1.29, 1.82) is 0 Å². The summed E-state index contributed by atoms with van der Waals surface area (Å²) in [4.78, 5) is 0. The van der Waals surface area contributed by atoms with Crippen molar-refractivity contribution in [2.45, 2.75) is 68.5 Å². The summed E-state index contributed by atoms with van der Waals surface area (Å²) in [5, 5.41) is 0.929. The Morgan fingerprint density at radius 2 is 1.39 bits per heavy atom. The molecule has 0 bridgehead atoms. The van der Waals surface area contributed by atoms with Crippen molar-refractivity contribution < 1.29 is 0 Å². The van der Waals surface area contributed by atoms with Crippen molar-refractivity contribution in [1.82, 2.24) is 0 Å². The second-order valence-electron chi connectivity index (χ2n) is 6.56. The fourth-order valence-corrected chi connectivity index (χ4v) is 5.73. The Morgan fingerprint density at radius 3 is 1.89 bits per heavy atom. The molecule has 2 aliphatic carbocycles. The van der Waals surface area contributed by atoms with E-state index in [0.29, 0.717) is 23.1 Å². The van der Waals surface area contributed by atoms with Crippen molar-refractivity contribution in [3.8, 4) is 0 Å². The minimum Gasteiger partial charge on any atom is -0.123 e. The first-order valence-corrected chi connectivity index (χ1v) is 8.72. The number of hydrogen-bond acceptors (Lipinski definition) is 0. The van der Waals surface area contributed by atoms with E-state index in [1.54, 1.807) is 0 Å². The van der Waals surface area contributed by atoms with Crippen molar-refractivity contribution in [3.63, 3.8) is 0 Å². The van der Waals surface area contributed by atoms with Crippen LogP contribution in [0.2, 0.25) is 0 Å². The Labute approximate surface area is 127 Å². The van der Waals surface area contributed by atoms with Gasteiger partial charge in [0.25, 0.3) is 0 Å². The third kappa shape index (κ3) is 3.49. The molecule has 0 heterocycles. The lowest BCUT2D eigenvalue weighted by atomic mass is 9.68. The molecule has 0 aliphatic heterocycles. The monoisotopic (exact) mass is 310 g/mol. The van der Waals surface area contributed by atoms with Gasteiger partial charge >= 0.3 is 0 Å². The van der Waals surface area contributed by atoms with E-state index in [-0.39, 0.29) is 10.8 Å². The Morgan fingerprint density at radius 1 is 0.889 bits per heavy atom. The molecule has 106 valence electrons. The molecule has 2 aliphatic rings. The Hall–Kier alpha value is 0.870. The molecular formula is C15H25Cl3. The van der Waals surface area contributed by atoms with Crippen LogP contribution in [0.5, 0.6) is 0 Å². The van der Waals surface area contributed by atoms with E-state index >= 15 is 0 Å². The van der Waals surface area contributed by atoms with Crippen LogP contribution in [-0.2, 0) is 0 Å². The Bertz CT molecular complexity index is 248. The zero-order valence-electron chi connectivity index (χ0n) is 11.4. The van der Waals surface area contributed by atoms with Crippen molar-refractivity contribution in [3.05, 3.63) is 0 Å². The van der Waals surface area contributed by atoms with Gasteiger partial charge in [0.1, 0.15) is 0 Å². The molecule has 3 heteroatoms. The van der Waals surface area contributed by atoms with Gasteiger partial charge < -0.3 is 0 Å². The summed E-state index contributed by atoms with van der Waals surface area (Å²) in [6.45, 7) is 4.63. The summed E-state index contributed by atoms with van der Waals surface area (Å²) in [6.07, 6.45) is 7.11. The highest BCUT2D eigenvalue weighted by Crippen LogP contribution is 2.45. The normalized spacial score (nSPS) is 47.8. The molecule has 0 aromatic heterocycles. The first-order chi connectivity index (χ1) is 8.49. The molecule has 3 unspecified atom stereocenters. The minimum absolute atomic E-state index is 0.264. The van der Waals surface area contributed by atoms with Crippen LogP contribution in [0.4, 0.5) is 0 Å². The van der Waals surface area contributed by atoms with E-state index in [0.717, 1.165) is 18.8 Å². The van der Waals surface area contributed by atoms with Gasteiger partial charge in [0.2, 0.25) is 0 Å². The average molecular weight is 312 g/mol. The number of rotatable bonds is 2. The maximum atomic E-state index is 6.60. The topological polar surface area (TPSA) is 0 Å². The third-order valence-electron chi connectivity index (χ3n) is 5.14. The fourth-order valence-electron chi connectivity index (χ4n) is 3.98. The highest BCUT2D eigenvalue weighted by Gasteiger charge is 2.40. The van der Waals surface area contributed by atoms with E-state index in [1.165, 1.54) is 25.7 Å². The third-order valence-corrected chi connectivity index (χ3v) is 6.52. The first-order valence-electron chi connectivity index (χ1n) is 7.41. The Kier molecular flexibility index (Phi) is 5.55. The molecule has 3 atom stereocenters. The van der Waals surface area contributed by atoms with Crippen LogP contribution in [0.15, 0.2) is 0 Å². The summed E-state index contributed by atoms with van der Waals surface area (Å²) in [7, 11) is 0. The molecule has 0 nitrogen and oxygen atoms in total. The molecule has 0 radical (unpaired) electrons. The van der Waals surface area contributed by atoms with Crippen molar-refractivity contribution in [2.75, 3.05) is 0 Å². The van der Waals surface area contributed by atoms with Gasteiger partial charge in [-0.15, -0.1) is 34.8 Å². The minimum atomic E-state index is 0.264. The molecule has 18 heavy (non-hydrogen) atoms. The van der Waals surface area contributed by atoms with Gasteiger partial charge in [-0.05, 0) is 62.2 Å². The first kappa shape index (κ1) is 15.3. The summed E-state index contributed by atoms with van der Waals surface area (Å²) < 4.78 is 0. The molecule has 0 amide bonds. The highest BCUT2D eigenvalue weighted by molar-refractivity contribution is 6.24.